The third kappa shape index (κ3) is 23.0. The van der Waals surface area contributed by atoms with Crippen LogP contribution < -0.4 is 0 Å². The molecule has 0 aliphatic heterocycles. The fourth-order valence-corrected chi connectivity index (χ4v) is 0. The SMILES string of the molecule is Cl.Cl.Cl.[Au].[Fe]. The maximum atomic E-state index is 0. The van der Waals surface area contributed by atoms with Gasteiger partial charge in [0.15, 0.2) is 0 Å². The van der Waals surface area contributed by atoms with E-state index < -0.39 is 0 Å². The van der Waals surface area contributed by atoms with E-state index >= 15 is 0 Å². The van der Waals surface area contributed by atoms with Crippen LogP contribution in [0.3, 0.4) is 0 Å². The molecule has 0 nitrogen and oxygen atoms in total. The second kappa shape index (κ2) is 35.6. The smallest absolute Gasteiger partial charge is 0 e. The Morgan fingerprint density at radius 1 is 0.600 bits per heavy atom. The summed E-state index contributed by atoms with van der Waals surface area (Å²) in [5, 5.41) is 0. The Morgan fingerprint density at radius 3 is 0.600 bits per heavy atom. The van der Waals surface area contributed by atoms with Gasteiger partial charge in [0.2, 0.25) is 0 Å². The Morgan fingerprint density at radius 2 is 0.600 bits per heavy atom. The van der Waals surface area contributed by atoms with E-state index in [0.717, 1.165) is 0 Å². The van der Waals surface area contributed by atoms with Crippen LogP contribution in [0.25, 0.3) is 0 Å². The van der Waals surface area contributed by atoms with Crippen molar-refractivity contribution in [1.82, 2.24) is 0 Å². The molecule has 1 radical (unpaired) electrons. The van der Waals surface area contributed by atoms with E-state index in [9.17, 15) is 0 Å². The Balaban J connectivity index is 0. The minimum Gasteiger partial charge on any atom is -0.147 e. The van der Waals surface area contributed by atoms with Gasteiger partial charge in [-0.15, -0.1) is 37.2 Å². The summed E-state index contributed by atoms with van der Waals surface area (Å²) in [6, 6.07) is 0. The second-order valence-corrected chi connectivity index (χ2v) is 0. The number of halogens is 3. The maximum Gasteiger partial charge on any atom is 0 e. The number of rotatable bonds is 0. The van der Waals surface area contributed by atoms with Crippen LogP contribution in [0.5, 0.6) is 0 Å². The Bertz CT molecular complexity index is 6.85. The van der Waals surface area contributed by atoms with Crippen LogP contribution in [0.15, 0.2) is 0 Å². The average Bonchev–Trinajstić information content (AvgIpc) is 0. The van der Waals surface area contributed by atoms with Crippen molar-refractivity contribution in [2.75, 3.05) is 0 Å². The second-order valence-electron chi connectivity index (χ2n) is 0. The van der Waals surface area contributed by atoms with Crippen molar-refractivity contribution in [3.8, 4) is 0 Å². The monoisotopic (exact) mass is 361 g/mol. The molecule has 0 fully saturated rings. The van der Waals surface area contributed by atoms with E-state index in [1.54, 1.807) is 0 Å². The van der Waals surface area contributed by atoms with Gasteiger partial charge in [0.1, 0.15) is 0 Å². The summed E-state index contributed by atoms with van der Waals surface area (Å²) < 4.78 is 0. The van der Waals surface area contributed by atoms with Crippen LogP contribution in [-0.4, -0.2) is 0 Å². The largest absolute Gasteiger partial charge is 0.147 e. The normalized spacial score (nSPS) is 0. The maximum absolute atomic E-state index is 0. The fourth-order valence-electron chi connectivity index (χ4n) is 0. The molecule has 43 valence electrons. The van der Waals surface area contributed by atoms with Crippen LogP contribution in [0.1, 0.15) is 0 Å². The van der Waals surface area contributed by atoms with E-state index in [1.807, 2.05) is 0 Å². The van der Waals surface area contributed by atoms with Gasteiger partial charge in [-0.3, -0.25) is 0 Å². The van der Waals surface area contributed by atoms with E-state index in [4.69, 9.17) is 0 Å². The molecule has 0 aliphatic carbocycles. The molecule has 0 atom stereocenters. The molecule has 0 unspecified atom stereocenters. The van der Waals surface area contributed by atoms with Gasteiger partial charge in [-0.1, -0.05) is 0 Å². The minimum absolute atomic E-state index is 0. The third-order valence-electron chi connectivity index (χ3n) is 0. The van der Waals surface area contributed by atoms with Gasteiger partial charge >= 0.3 is 0 Å². The van der Waals surface area contributed by atoms with Gasteiger partial charge in [0, 0.05) is 39.4 Å². The first-order chi connectivity index (χ1) is 0. The summed E-state index contributed by atoms with van der Waals surface area (Å²) in [6.07, 6.45) is 0. The predicted octanol–water partition coefficient (Wildman–Crippen LogP) is 1.26. The molecule has 0 aromatic rings. The first kappa shape index (κ1) is 59.1. The zero-order valence-corrected chi connectivity index (χ0v) is 7.60. The zero-order valence-electron chi connectivity index (χ0n) is 1.88. The van der Waals surface area contributed by atoms with Crippen LogP contribution in [-0.2, 0) is 39.4 Å². The van der Waals surface area contributed by atoms with Crippen LogP contribution >= 0.6 is 37.2 Å². The Kier molecular flexibility index (Phi) is 420. The molecular formula is H3AuCl3Fe. The molecule has 0 saturated carbocycles. The number of hydrogen-bond acceptors (Lipinski definition) is 0. The van der Waals surface area contributed by atoms with Gasteiger partial charge in [-0.05, 0) is 0 Å². The molecular weight excluding hydrogens is 359 g/mol. The molecule has 5 heteroatoms. The minimum atomic E-state index is 0. The topological polar surface area (TPSA) is 0 Å². The summed E-state index contributed by atoms with van der Waals surface area (Å²) >= 11 is 0. The zero-order chi connectivity index (χ0) is 0. The first-order valence-electron chi connectivity index (χ1n) is 0. The molecule has 0 heterocycles. The summed E-state index contributed by atoms with van der Waals surface area (Å²) in [6.45, 7) is 0. The average molecular weight is 362 g/mol. The molecule has 0 bridgehead atoms. The van der Waals surface area contributed by atoms with Crippen LogP contribution in [0, 0.1) is 0 Å². The van der Waals surface area contributed by atoms with E-state index in [2.05, 4.69) is 0 Å². The van der Waals surface area contributed by atoms with Crippen molar-refractivity contribution in [1.29, 1.82) is 0 Å². The summed E-state index contributed by atoms with van der Waals surface area (Å²) in [5.41, 5.74) is 0. The quantitative estimate of drug-likeness (QED) is 0.570. The van der Waals surface area contributed by atoms with Gasteiger partial charge in [-0.25, -0.2) is 0 Å². The molecule has 0 saturated heterocycles. The third-order valence-corrected chi connectivity index (χ3v) is 0. The molecule has 0 aromatic heterocycles. The Labute approximate surface area is 76.1 Å². The van der Waals surface area contributed by atoms with Crippen molar-refractivity contribution in [3.63, 3.8) is 0 Å². The molecule has 0 N–H and O–H groups in total. The van der Waals surface area contributed by atoms with Gasteiger partial charge in [0.25, 0.3) is 0 Å². The van der Waals surface area contributed by atoms with Gasteiger partial charge in [-0.2, -0.15) is 0 Å². The van der Waals surface area contributed by atoms with Gasteiger partial charge in [0.05, 0.1) is 0 Å². The summed E-state index contributed by atoms with van der Waals surface area (Å²) in [7, 11) is 0. The van der Waals surface area contributed by atoms with Crippen molar-refractivity contribution in [2.24, 2.45) is 0 Å². The molecule has 0 rings (SSSR count). The van der Waals surface area contributed by atoms with E-state index in [-0.39, 0.29) is 76.7 Å². The first-order valence-corrected chi connectivity index (χ1v) is 0. The van der Waals surface area contributed by atoms with E-state index in [0.29, 0.717) is 0 Å². The molecule has 0 amide bonds. The molecule has 0 spiro atoms. The van der Waals surface area contributed by atoms with Crippen LogP contribution in [0.4, 0.5) is 0 Å². The van der Waals surface area contributed by atoms with Crippen LogP contribution in [0.2, 0.25) is 0 Å². The van der Waals surface area contributed by atoms with Crippen molar-refractivity contribution in [2.45, 2.75) is 0 Å². The standard InChI is InChI=1S/Au.3ClH.Fe/h;3*1H;. The summed E-state index contributed by atoms with van der Waals surface area (Å²) in [5.74, 6) is 0. The van der Waals surface area contributed by atoms with Gasteiger partial charge < -0.3 is 0 Å². The van der Waals surface area contributed by atoms with E-state index in [1.165, 1.54) is 0 Å². The predicted molar refractivity (Wildman–Crippen MR) is 21.7 cm³/mol. The number of hydrogen-bond donors (Lipinski definition) is 0. The van der Waals surface area contributed by atoms with Crippen molar-refractivity contribution in [3.05, 3.63) is 0 Å². The Hall–Kier alpha value is 2.13. The van der Waals surface area contributed by atoms with Crippen molar-refractivity contribution >= 4 is 37.2 Å². The molecule has 5 heavy (non-hydrogen) atoms. The van der Waals surface area contributed by atoms with Crippen molar-refractivity contribution < 1.29 is 39.4 Å². The molecule has 0 aliphatic rings. The summed E-state index contributed by atoms with van der Waals surface area (Å²) in [4.78, 5) is 0. The molecule has 0 aromatic carbocycles. The fraction of sp³-hybridized carbons (Fsp3) is 0.